The molecule has 26 heavy (non-hydrogen) atoms. The van der Waals surface area contributed by atoms with Crippen LogP contribution in [0.2, 0.25) is 0 Å². The molecule has 0 unspecified atom stereocenters. The van der Waals surface area contributed by atoms with Gasteiger partial charge in [0.15, 0.2) is 11.2 Å². The summed E-state index contributed by atoms with van der Waals surface area (Å²) in [4.78, 5) is 17.5. The molecule has 4 heteroatoms. The molecule has 0 fully saturated rings. The van der Waals surface area contributed by atoms with Crippen LogP contribution in [-0.4, -0.2) is 15.7 Å². The first kappa shape index (κ1) is 16.7. The Morgan fingerprint density at radius 1 is 0.962 bits per heavy atom. The monoisotopic (exact) mass is 360 g/mol. The molecule has 0 aliphatic carbocycles. The van der Waals surface area contributed by atoms with Crippen LogP contribution in [0.1, 0.15) is 36.8 Å². The predicted molar refractivity (Wildman–Crippen MR) is 108 cm³/mol. The molecule has 0 N–H and O–H groups in total. The number of carbonyl (C=O) groups is 1. The fraction of sp³-hybridized carbons (Fsp3) is 0.182. The normalized spacial score (nSPS) is 11.8. The van der Waals surface area contributed by atoms with Crippen LogP contribution in [0.4, 0.5) is 0 Å². The molecule has 0 saturated heterocycles. The van der Waals surface area contributed by atoms with Crippen molar-refractivity contribution >= 4 is 22.6 Å². The van der Waals surface area contributed by atoms with Crippen molar-refractivity contribution in [1.82, 2.24) is 9.38 Å². The highest BCUT2D eigenvalue weighted by Crippen LogP contribution is 2.33. The number of fused-ring (bicyclic) bond motifs is 1. The minimum absolute atomic E-state index is 0.0983. The van der Waals surface area contributed by atoms with E-state index in [9.17, 15) is 4.79 Å². The van der Waals surface area contributed by atoms with Crippen molar-refractivity contribution in [3.8, 4) is 22.5 Å². The predicted octanol–water partition coefficient (Wildman–Crippen LogP) is 5.84. The third-order valence-corrected chi connectivity index (χ3v) is 5.43. The Morgan fingerprint density at radius 3 is 2.27 bits per heavy atom. The fourth-order valence-corrected chi connectivity index (χ4v) is 4.04. The molecule has 2 aromatic heterocycles. The fourth-order valence-electron chi connectivity index (χ4n) is 3.14. The van der Waals surface area contributed by atoms with Gasteiger partial charge in [-0.05, 0) is 16.5 Å². The van der Waals surface area contributed by atoms with Crippen molar-refractivity contribution in [2.75, 3.05) is 0 Å². The summed E-state index contributed by atoms with van der Waals surface area (Å²) in [5, 5.41) is 2.05. The van der Waals surface area contributed by atoms with Gasteiger partial charge in [0.05, 0.1) is 5.69 Å². The Labute approximate surface area is 157 Å². The number of carbonyl (C=O) groups excluding carboxylic acids is 1. The molecule has 0 amide bonds. The summed E-state index contributed by atoms with van der Waals surface area (Å²) in [5.74, 6) is 0. The first-order valence-corrected chi connectivity index (χ1v) is 9.48. The first-order chi connectivity index (χ1) is 12.5. The van der Waals surface area contributed by atoms with Crippen LogP contribution in [0, 0.1) is 0 Å². The Kier molecular flexibility index (Phi) is 4.00. The van der Waals surface area contributed by atoms with Gasteiger partial charge in [0.1, 0.15) is 11.4 Å². The van der Waals surface area contributed by atoms with Crippen molar-refractivity contribution in [2.24, 2.45) is 0 Å². The number of aldehydes is 1. The van der Waals surface area contributed by atoms with Gasteiger partial charge in [-0.1, -0.05) is 75.4 Å². The number of hydrogen-bond acceptors (Lipinski definition) is 3. The SMILES string of the molecule is CC(C)(C)c1ccc(-c2nc3scc(-c4ccccc4)n3c2C=O)cc1. The molecular formula is C22H20N2OS. The van der Waals surface area contributed by atoms with E-state index in [4.69, 9.17) is 4.98 Å². The summed E-state index contributed by atoms with van der Waals surface area (Å²) < 4.78 is 1.96. The maximum absolute atomic E-state index is 11.9. The average Bonchev–Trinajstić information content (AvgIpc) is 3.20. The second kappa shape index (κ2) is 6.22. The summed E-state index contributed by atoms with van der Waals surface area (Å²) in [5.41, 5.74) is 5.75. The van der Waals surface area contributed by atoms with Gasteiger partial charge < -0.3 is 0 Å². The third-order valence-electron chi connectivity index (χ3n) is 4.60. The molecule has 130 valence electrons. The number of benzene rings is 2. The number of nitrogens with zero attached hydrogens (tertiary/aromatic N) is 2. The highest BCUT2D eigenvalue weighted by Gasteiger charge is 2.19. The zero-order chi connectivity index (χ0) is 18.3. The molecule has 2 aromatic carbocycles. The van der Waals surface area contributed by atoms with E-state index >= 15 is 0 Å². The molecular weight excluding hydrogens is 340 g/mol. The largest absolute Gasteiger partial charge is 0.296 e. The van der Waals surface area contributed by atoms with Crippen LogP contribution in [0.3, 0.4) is 0 Å². The molecule has 0 saturated carbocycles. The minimum Gasteiger partial charge on any atom is -0.296 e. The van der Waals surface area contributed by atoms with Crippen LogP contribution >= 0.6 is 11.3 Å². The minimum atomic E-state index is 0.0983. The number of hydrogen-bond donors (Lipinski definition) is 0. The van der Waals surface area contributed by atoms with Crippen molar-refractivity contribution in [3.63, 3.8) is 0 Å². The van der Waals surface area contributed by atoms with Crippen LogP contribution in [0.15, 0.2) is 60.0 Å². The van der Waals surface area contributed by atoms with Crippen LogP contribution in [0.25, 0.3) is 27.5 Å². The standard InChI is InChI=1S/C22H20N2OS/c1-22(2,3)17-11-9-16(10-12-17)20-18(13-25)24-19(14-26-21(24)23-20)15-7-5-4-6-8-15/h4-14H,1-3H3. The van der Waals surface area contributed by atoms with E-state index in [1.165, 1.54) is 5.56 Å². The molecule has 0 aliphatic heterocycles. The average molecular weight is 360 g/mol. The Morgan fingerprint density at radius 2 is 1.65 bits per heavy atom. The lowest BCUT2D eigenvalue weighted by Gasteiger charge is -2.19. The van der Waals surface area contributed by atoms with Gasteiger partial charge in [0.25, 0.3) is 0 Å². The second-order valence-corrected chi connectivity index (χ2v) is 8.23. The van der Waals surface area contributed by atoms with Crippen LogP contribution in [0.5, 0.6) is 0 Å². The van der Waals surface area contributed by atoms with Gasteiger partial charge in [-0.2, -0.15) is 0 Å². The summed E-state index contributed by atoms with van der Waals surface area (Å²) in [6.07, 6.45) is 0.909. The van der Waals surface area contributed by atoms with Gasteiger partial charge in [-0.15, -0.1) is 11.3 Å². The van der Waals surface area contributed by atoms with Gasteiger partial charge in [-0.3, -0.25) is 9.20 Å². The smallest absolute Gasteiger partial charge is 0.195 e. The van der Waals surface area contributed by atoms with Gasteiger partial charge >= 0.3 is 0 Å². The quantitative estimate of drug-likeness (QED) is 0.430. The van der Waals surface area contributed by atoms with Crippen molar-refractivity contribution in [3.05, 3.63) is 71.2 Å². The van der Waals surface area contributed by atoms with E-state index in [0.29, 0.717) is 5.69 Å². The molecule has 0 bridgehead atoms. The van der Waals surface area contributed by atoms with Crippen molar-refractivity contribution in [1.29, 1.82) is 0 Å². The highest BCUT2D eigenvalue weighted by atomic mass is 32.1. The number of aromatic nitrogens is 2. The second-order valence-electron chi connectivity index (χ2n) is 7.40. The van der Waals surface area contributed by atoms with Crippen LogP contribution < -0.4 is 0 Å². The molecule has 0 radical (unpaired) electrons. The lowest BCUT2D eigenvalue weighted by Crippen LogP contribution is -2.10. The molecule has 4 rings (SSSR count). The molecule has 2 heterocycles. The van der Waals surface area contributed by atoms with Gasteiger partial charge in [0, 0.05) is 10.9 Å². The van der Waals surface area contributed by atoms with E-state index in [-0.39, 0.29) is 5.41 Å². The maximum Gasteiger partial charge on any atom is 0.195 e. The van der Waals surface area contributed by atoms with Crippen molar-refractivity contribution in [2.45, 2.75) is 26.2 Å². The van der Waals surface area contributed by atoms with E-state index in [1.807, 2.05) is 34.7 Å². The molecule has 4 aromatic rings. The Bertz CT molecular complexity index is 1070. The number of thiazole rings is 1. The summed E-state index contributed by atoms with van der Waals surface area (Å²) in [6.45, 7) is 6.58. The highest BCUT2D eigenvalue weighted by molar-refractivity contribution is 7.15. The first-order valence-electron chi connectivity index (χ1n) is 8.60. The molecule has 0 spiro atoms. The Balaban J connectivity index is 1.87. The lowest BCUT2D eigenvalue weighted by molar-refractivity contribution is 0.111. The molecule has 0 atom stereocenters. The summed E-state index contributed by atoms with van der Waals surface area (Å²) in [7, 11) is 0. The van der Waals surface area contributed by atoms with E-state index < -0.39 is 0 Å². The molecule has 3 nitrogen and oxygen atoms in total. The zero-order valence-corrected chi connectivity index (χ0v) is 15.9. The number of rotatable bonds is 3. The molecule has 0 aliphatic rings. The summed E-state index contributed by atoms with van der Waals surface area (Å²) in [6, 6.07) is 18.5. The zero-order valence-electron chi connectivity index (χ0n) is 15.1. The van der Waals surface area contributed by atoms with E-state index in [1.54, 1.807) is 11.3 Å². The topological polar surface area (TPSA) is 34.4 Å². The lowest BCUT2D eigenvalue weighted by atomic mass is 9.86. The van der Waals surface area contributed by atoms with Gasteiger partial charge in [-0.25, -0.2) is 4.98 Å². The Hall–Kier alpha value is -2.72. The summed E-state index contributed by atoms with van der Waals surface area (Å²) >= 11 is 1.55. The van der Waals surface area contributed by atoms with E-state index in [2.05, 4.69) is 50.4 Å². The number of imidazole rings is 1. The van der Waals surface area contributed by atoms with Crippen molar-refractivity contribution < 1.29 is 4.79 Å². The third kappa shape index (κ3) is 2.76. The van der Waals surface area contributed by atoms with Crippen LogP contribution in [-0.2, 0) is 5.41 Å². The van der Waals surface area contributed by atoms with Gasteiger partial charge in [0.2, 0.25) is 0 Å². The maximum atomic E-state index is 11.9. The van der Waals surface area contributed by atoms with E-state index in [0.717, 1.165) is 33.8 Å².